The molecule has 1 saturated heterocycles. The molecule has 1 aliphatic rings. The summed E-state index contributed by atoms with van der Waals surface area (Å²) in [6.45, 7) is 2.76. The van der Waals surface area contributed by atoms with Crippen LogP contribution in [-0.2, 0) is 4.79 Å². The number of amides is 1. The maximum atomic E-state index is 12.4. The minimum Gasteiger partial charge on any atom is -0.351 e. The van der Waals surface area contributed by atoms with Crippen molar-refractivity contribution in [3.63, 3.8) is 0 Å². The molecule has 1 aliphatic heterocycles. The van der Waals surface area contributed by atoms with Gasteiger partial charge < -0.3 is 5.32 Å². The Morgan fingerprint density at radius 2 is 1.75 bits per heavy atom. The summed E-state index contributed by atoms with van der Waals surface area (Å²) in [5.41, 5.74) is 3.59. The van der Waals surface area contributed by atoms with E-state index in [1.165, 1.54) is 24.5 Å². The fourth-order valence-corrected chi connectivity index (χ4v) is 3.66. The Bertz CT molecular complexity index is 965. The number of para-hydroxylation sites is 2. The van der Waals surface area contributed by atoms with Gasteiger partial charge in [0.05, 0.1) is 29.0 Å². The van der Waals surface area contributed by atoms with Crippen molar-refractivity contribution in [2.24, 2.45) is 0 Å². The minimum absolute atomic E-state index is 0.116. The van der Waals surface area contributed by atoms with E-state index in [1.54, 1.807) is 12.3 Å². The number of hydrogen-bond acceptors (Lipinski definition) is 4. The third-order valence-electron chi connectivity index (χ3n) is 5.11. The van der Waals surface area contributed by atoms with Gasteiger partial charge in [0.15, 0.2) is 0 Å². The van der Waals surface area contributed by atoms with Crippen molar-refractivity contribution in [2.75, 3.05) is 19.6 Å². The zero-order valence-corrected chi connectivity index (χ0v) is 15.8. The first-order chi connectivity index (χ1) is 13.8. The predicted octanol–water partition coefficient (Wildman–Crippen LogP) is 3.60. The van der Waals surface area contributed by atoms with E-state index < -0.39 is 0 Å². The fourth-order valence-electron chi connectivity index (χ4n) is 3.66. The van der Waals surface area contributed by atoms with E-state index >= 15 is 0 Å². The number of hydrogen-bond donors (Lipinski definition) is 1. The van der Waals surface area contributed by atoms with Gasteiger partial charge in [-0.05, 0) is 49.7 Å². The number of nitrogens with one attached hydrogen (secondary N) is 1. The second kappa shape index (κ2) is 8.76. The van der Waals surface area contributed by atoms with Crippen LogP contribution < -0.4 is 5.32 Å². The number of carbonyl (C=O) groups is 1. The van der Waals surface area contributed by atoms with E-state index in [9.17, 15) is 4.79 Å². The zero-order chi connectivity index (χ0) is 19.2. The van der Waals surface area contributed by atoms with Crippen LogP contribution in [0.15, 0.2) is 66.9 Å². The lowest BCUT2D eigenvalue weighted by Gasteiger charge is -2.28. The van der Waals surface area contributed by atoms with E-state index in [4.69, 9.17) is 0 Å². The normalized spacial score (nSPS) is 15.9. The molecule has 1 amide bonds. The van der Waals surface area contributed by atoms with Gasteiger partial charge >= 0.3 is 0 Å². The molecule has 2 aromatic carbocycles. The summed E-state index contributed by atoms with van der Waals surface area (Å²) in [5.74, 6) is -0.116. The maximum absolute atomic E-state index is 12.4. The molecule has 3 aromatic rings. The standard InChI is InChI=1S/C23H24N4O/c28-23(13-12-19-16-24-20-10-4-5-11-21(20)26-19)25-17-22(27-14-6-7-15-27)18-8-2-1-3-9-18/h1-5,8-13,16,22H,6-7,14-15,17H2,(H,25,28)/b13-12+. The highest BCUT2D eigenvalue weighted by molar-refractivity contribution is 5.91. The van der Waals surface area contributed by atoms with E-state index in [0.29, 0.717) is 12.2 Å². The zero-order valence-electron chi connectivity index (χ0n) is 15.8. The van der Waals surface area contributed by atoms with Gasteiger partial charge in [0.2, 0.25) is 5.91 Å². The second-order valence-corrected chi connectivity index (χ2v) is 7.03. The first-order valence-electron chi connectivity index (χ1n) is 9.76. The van der Waals surface area contributed by atoms with Crippen LogP contribution >= 0.6 is 0 Å². The molecule has 1 atom stereocenters. The number of carbonyl (C=O) groups excluding carboxylic acids is 1. The van der Waals surface area contributed by atoms with E-state index in [1.807, 2.05) is 30.3 Å². The Balaban J connectivity index is 1.40. The van der Waals surface area contributed by atoms with Crippen LogP contribution in [0, 0.1) is 0 Å². The first-order valence-corrected chi connectivity index (χ1v) is 9.76. The number of fused-ring (bicyclic) bond motifs is 1. The summed E-state index contributed by atoms with van der Waals surface area (Å²) in [6.07, 6.45) is 7.37. The van der Waals surface area contributed by atoms with Crippen LogP contribution in [0.5, 0.6) is 0 Å². The van der Waals surface area contributed by atoms with Gasteiger partial charge in [0.25, 0.3) is 0 Å². The molecule has 28 heavy (non-hydrogen) atoms. The van der Waals surface area contributed by atoms with Crippen molar-refractivity contribution in [1.29, 1.82) is 0 Å². The molecule has 1 fully saturated rings. The van der Waals surface area contributed by atoms with Gasteiger partial charge in [-0.3, -0.25) is 14.7 Å². The highest BCUT2D eigenvalue weighted by Gasteiger charge is 2.23. The molecule has 1 unspecified atom stereocenters. The van der Waals surface area contributed by atoms with E-state index in [2.05, 4.69) is 44.5 Å². The van der Waals surface area contributed by atoms with Crippen molar-refractivity contribution >= 4 is 23.0 Å². The highest BCUT2D eigenvalue weighted by atomic mass is 16.1. The Morgan fingerprint density at radius 3 is 2.54 bits per heavy atom. The van der Waals surface area contributed by atoms with Crippen LogP contribution in [0.3, 0.4) is 0 Å². The number of likely N-dealkylation sites (tertiary alicyclic amines) is 1. The molecule has 0 spiro atoms. The van der Waals surface area contributed by atoms with E-state index in [-0.39, 0.29) is 11.9 Å². The number of benzene rings is 2. The summed E-state index contributed by atoms with van der Waals surface area (Å²) >= 11 is 0. The number of rotatable bonds is 6. The predicted molar refractivity (Wildman–Crippen MR) is 112 cm³/mol. The lowest BCUT2D eigenvalue weighted by Crippen LogP contribution is -2.36. The van der Waals surface area contributed by atoms with Crippen LogP contribution in [0.4, 0.5) is 0 Å². The molecule has 0 saturated carbocycles. The summed E-state index contributed by atoms with van der Waals surface area (Å²) in [5, 5.41) is 3.05. The molecule has 5 heteroatoms. The summed E-state index contributed by atoms with van der Waals surface area (Å²) in [7, 11) is 0. The largest absolute Gasteiger partial charge is 0.351 e. The SMILES string of the molecule is O=C(/C=C/c1cnc2ccccc2n1)NCC(c1ccccc1)N1CCCC1. The fraction of sp³-hybridized carbons (Fsp3) is 0.261. The lowest BCUT2D eigenvalue weighted by molar-refractivity contribution is -0.116. The molecule has 0 bridgehead atoms. The third-order valence-corrected chi connectivity index (χ3v) is 5.11. The number of nitrogens with zero attached hydrogens (tertiary/aromatic N) is 3. The van der Waals surface area contributed by atoms with Gasteiger partial charge in [-0.25, -0.2) is 4.98 Å². The maximum Gasteiger partial charge on any atom is 0.244 e. The molecular formula is C23H24N4O. The summed E-state index contributed by atoms with van der Waals surface area (Å²) in [6, 6.07) is 18.3. The van der Waals surface area contributed by atoms with Gasteiger partial charge in [0, 0.05) is 12.6 Å². The molecule has 0 radical (unpaired) electrons. The van der Waals surface area contributed by atoms with Crippen LogP contribution in [0.25, 0.3) is 17.1 Å². The Labute approximate surface area is 165 Å². The van der Waals surface area contributed by atoms with Crippen LogP contribution in [0.2, 0.25) is 0 Å². The summed E-state index contributed by atoms with van der Waals surface area (Å²) in [4.78, 5) is 23.7. The Morgan fingerprint density at radius 1 is 1.04 bits per heavy atom. The smallest absolute Gasteiger partial charge is 0.244 e. The summed E-state index contributed by atoms with van der Waals surface area (Å²) < 4.78 is 0. The van der Waals surface area contributed by atoms with Crippen molar-refractivity contribution in [2.45, 2.75) is 18.9 Å². The van der Waals surface area contributed by atoms with Crippen LogP contribution in [-0.4, -0.2) is 40.4 Å². The monoisotopic (exact) mass is 372 g/mol. The van der Waals surface area contributed by atoms with Crippen LogP contribution in [0.1, 0.15) is 30.1 Å². The lowest BCUT2D eigenvalue weighted by atomic mass is 10.1. The average Bonchev–Trinajstić information content (AvgIpc) is 3.27. The quantitative estimate of drug-likeness (QED) is 0.672. The topological polar surface area (TPSA) is 58.1 Å². The Hall–Kier alpha value is -3.05. The first kappa shape index (κ1) is 18.3. The van der Waals surface area contributed by atoms with Crippen molar-refractivity contribution in [1.82, 2.24) is 20.2 Å². The highest BCUT2D eigenvalue weighted by Crippen LogP contribution is 2.24. The van der Waals surface area contributed by atoms with Gasteiger partial charge in [-0.1, -0.05) is 42.5 Å². The van der Waals surface area contributed by atoms with Crippen molar-refractivity contribution < 1.29 is 4.79 Å². The van der Waals surface area contributed by atoms with Gasteiger partial charge in [-0.2, -0.15) is 0 Å². The molecule has 1 N–H and O–H groups in total. The molecule has 4 rings (SSSR count). The molecule has 142 valence electrons. The van der Waals surface area contributed by atoms with Crippen molar-refractivity contribution in [3.05, 3.63) is 78.1 Å². The molecule has 2 heterocycles. The second-order valence-electron chi connectivity index (χ2n) is 7.03. The average molecular weight is 372 g/mol. The van der Waals surface area contributed by atoms with Gasteiger partial charge in [0.1, 0.15) is 0 Å². The minimum atomic E-state index is -0.116. The Kier molecular flexibility index (Phi) is 5.73. The van der Waals surface area contributed by atoms with Gasteiger partial charge in [-0.15, -0.1) is 0 Å². The molecule has 1 aromatic heterocycles. The molecule has 0 aliphatic carbocycles. The molecule has 5 nitrogen and oxygen atoms in total. The molecular weight excluding hydrogens is 348 g/mol. The van der Waals surface area contributed by atoms with E-state index in [0.717, 1.165) is 24.1 Å². The van der Waals surface area contributed by atoms with Crippen molar-refractivity contribution in [3.8, 4) is 0 Å². The number of aromatic nitrogens is 2. The third kappa shape index (κ3) is 4.43.